The normalized spacial score (nSPS) is 16.8. The molecule has 0 spiro atoms. The molecule has 1 atom stereocenters. The number of benzene rings is 1. The van der Waals surface area contributed by atoms with Crippen molar-refractivity contribution in [3.05, 3.63) is 53.7 Å². The van der Waals surface area contributed by atoms with Gasteiger partial charge in [0.2, 0.25) is 0 Å². The maximum Gasteiger partial charge on any atom is 0.255 e. The highest BCUT2D eigenvalue weighted by atomic mass is 16.5. The number of methoxy groups -OCH3 is 1. The summed E-state index contributed by atoms with van der Waals surface area (Å²) >= 11 is 0. The first-order chi connectivity index (χ1) is 12.1. The van der Waals surface area contributed by atoms with Crippen LogP contribution in [0.2, 0.25) is 0 Å². The van der Waals surface area contributed by atoms with Crippen LogP contribution in [0.1, 0.15) is 28.8 Å². The molecule has 0 aliphatic carbocycles. The highest BCUT2D eigenvalue weighted by Gasteiger charge is 2.29. The zero-order valence-electron chi connectivity index (χ0n) is 15.1. The first-order valence-corrected chi connectivity index (χ1v) is 8.66. The summed E-state index contributed by atoms with van der Waals surface area (Å²) in [6.07, 6.45) is 4.65. The molecule has 132 valence electrons. The number of ether oxygens (including phenoxy) is 1. The van der Waals surface area contributed by atoms with Crippen molar-refractivity contribution in [3.63, 3.8) is 0 Å². The monoisotopic (exact) mass is 339 g/mol. The van der Waals surface area contributed by atoms with Gasteiger partial charge in [-0.05, 0) is 49.1 Å². The molecule has 25 heavy (non-hydrogen) atoms. The van der Waals surface area contributed by atoms with Crippen molar-refractivity contribution < 1.29 is 9.53 Å². The van der Waals surface area contributed by atoms with E-state index in [2.05, 4.69) is 17.1 Å². The maximum absolute atomic E-state index is 12.9. The highest BCUT2D eigenvalue weighted by molar-refractivity contribution is 5.94. The Bertz CT molecular complexity index is 711. The Morgan fingerprint density at radius 2 is 2.00 bits per heavy atom. The first-order valence-electron chi connectivity index (χ1n) is 8.66. The molecule has 2 heterocycles. The fourth-order valence-corrected chi connectivity index (χ4v) is 3.29. The van der Waals surface area contributed by atoms with Crippen LogP contribution in [0.3, 0.4) is 0 Å². The van der Waals surface area contributed by atoms with Gasteiger partial charge in [-0.1, -0.05) is 12.1 Å². The summed E-state index contributed by atoms with van der Waals surface area (Å²) in [7, 11) is 5.55. The summed E-state index contributed by atoms with van der Waals surface area (Å²) in [5.74, 6) is 1.79. The van der Waals surface area contributed by atoms with Gasteiger partial charge in [0, 0.05) is 32.9 Å². The molecule has 0 saturated carbocycles. The fourth-order valence-electron chi connectivity index (χ4n) is 3.29. The van der Waals surface area contributed by atoms with Gasteiger partial charge in [-0.25, -0.2) is 4.98 Å². The van der Waals surface area contributed by atoms with Crippen LogP contribution in [-0.2, 0) is 6.42 Å². The van der Waals surface area contributed by atoms with Gasteiger partial charge in [0.25, 0.3) is 5.91 Å². The van der Waals surface area contributed by atoms with Crippen molar-refractivity contribution in [3.8, 4) is 5.75 Å². The number of hydrogen-bond donors (Lipinski definition) is 0. The molecule has 1 aromatic heterocycles. The molecular weight excluding hydrogens is 314 g/mol. The molecule has 1 aliphatic rings. The Morgan fingerprint density at radius 3 is 2.60 bits per heavy atom. The minimum absolute atomic E-state index is 0.0776. The van der Waals surface area contributed by atoms with Gasteiger partial charge >= 0.3 is 0 Å². The minimum Gasteiger partial charge on any atom is -0.497 e. The quantitative estimate of drug-likeness (QED) is 0.840. The molecule has 1 aliphatic heterocycles. The number of pyridine rings is 1. The van der Waals surface area contributed by atoms with E-state index in [1.807, 2.05) is 48.2 Å². The van der Waals surface area contributed by atoms with Crippen molar-refractivity contribution >= 4 is 11.7 Å². The van der Waals surface area contributed by atoms with Crippen LogP contribution in [0.4, 0.5) is 5.82 Å². The SMILES string of the molecule is COc1ccc(CC2CCCN2C(=O)c2ccc(N(C)C)nc2)cc1. The summed E-state index contributed by atoms with van der Waals surface area (Å²) in [6.45, 7) is 0.815. The third-order valence-corrected chi connectivity index (χ3v) is 4.72. The second-order valence-corrected chi connectivity index (χ2v) is 6.65. The van der Waals surface area contributed by atoms with E-state index >= 15 is 0 Å². The molecule has 1 aromatic carbocycles. The van der Waals surface area contributed by atoms with Gasteiger partial charge in [0.15, 0.2) is 0 Å². The molecule has 5 heteroatoms. The van der Waals surface area contributed by atoms with Gasteiger partial charge in [0.05, 0.1) is 12.7 Å². The lowest BCUT2D eigenvalue weighted by molar-refractivity contribution is 0.0736. The average Bonchev–Trinajstić information content (AvgIpc) is 3.10. The van der Waals surface area contributed by atoms with E-state index in [4.69, 9.17) is 4.74 Å². The second kappa shape index (κ2) is 7.55. The van der Waals surface area contributed by atoms with Crippen LogP contribution in [-0.4, -0.2) is 49.6 Å². The average molecular weight is 339 g/mol. The summed E-state index contributed by atoms with van der Waals surface area (Å²) in [4.78, 5) is 21.2. The number of anilines is 1. The Balaban J connectivity index is 1.70. The number of amides is 1. The second-order valence-electron chi connectivity index (χ2n) is 6.65. The van der Waals surface area contributed by atoms with Gasteiger partial charge in [-0.15, -0.1) is 0 Å². The molecule has 0 N–H and O–H groups in total. The molecular formula is C20H25N3O2. The van der Waals surface area contributed by atoms with Crippen LogP contribution in [0.5, 0.6) is 5.75 Å². The van der Waals surface area contributed by atoms with E-state index in [0.717, 1.165) is 37.4 Å². The molecule has 1 fully saturated rings. The Morgan fingerprint density at radius 1 is 1.24 bits per heavy atom. The van der Waals surface area contributed by atoms with Crippen LogP contribution >= 0.6 is 0 Å². The third-order valence-electron chi connectivity index (χ3n) is 4.72. The van der Waals surface area contributed by atoms with Gasteiger partial charge in [0.1, 0.15) is 11.6 Å². The van der Waals surface area contributed by atoms with E-state index < -0.39 is 0 Å². The molecule has 1 saturated heterocycles. The topological polar surface area (TPSA) is 45.7 Å². The largest absolute Gasteiger partial charge is 0.497 e. The fraction of sp³-hybridized carbons (Fsp3) is 0.400. The lowest BCUT2D eigenvalue weighted by Crippen LogP contribution is -2.36. The van der Waals surface area contributed by atoms with Gasteiger partial charge in [-0.3, -0.25) is 4.79 Å². The summed E-state index contributed by atoms with van der Waals surface area (Å²) < 4.78 is 5.21. The Hall–Kier alpha value is -2.56. The van der Waals surface area contributed by atoms with Crippen LogP contribution in [0, 0.1) is 0 Å². The summed E-state index contributed by atoms with van der Waals surface area (Å²) in [5.41, 5.74) is 1.89. The number of rotatable bonds is 5. The van der Waals surface area contributed by atoms with Crippen molar-refractivity contribution in [2.45, 2.75) is 25.3 Å². The molecule has 1 amide bonds. The van der Waals surface area contributed by atoms with E-state index in [1.165, 1.54) is 5.56 Å². The van der Waals surface area contributed by atoms with E-state index in [9.17, 15) is 4.79 Å². The van der Waals surface area contributed by atoms with Crippen LogP contribution in [0.15, 0.2) is 42.6 Å². The van der Waals surface area contributed by atoms with E-state index in [-0.39, 0.29) is 11.9 Å². The Labute approximate surface area is 149 Å². The molecule has 2 aromatic rings. The van der Waals surface area contributed by atoms with E-state index in [1.54, 1.807) is 13.3 Å². The third kappa shape index (κ3) is 3.92. The molecule has 0 radical (unpaired) electrons. The maximum atomic E-state index is 12.9. The lowest BCUT2D eigenvalue weighted by Gasteiger charge is -2.25. The summed E-state index contributed by atoms with van der Waals surface area (Å²) in [5, 5.41) is 0. The van der Waals surface area contributed by atoms with Crippen molar-refractivity contribution in [1.82, 2.24) is 9.88 Å². The Kier molecular flexibility index (Phi) is 5.22. The van der Waals surface area contributed by atoms with Crippen molar-refractivity contribution in [2.75, 3.05) is 32.6 Å². The lowest BCUT2D eigenvalue weighted by atomic mass is 10.0. The number of carbonyl (C=O) groups is 1. The number of carbonyl (C=O) groups excluding carboxylic acids is 1. The van der Waals surface area contributed by atoms with Crippen LogP contribution < -0.4 is 9.64 Å². The van der Waals surface area contributed by atoms with Gasteiger partial charge < -0.3 is 14.5 Å². The zero-order valence-corrected chi connectivity index (χ0v) is 15.1. The highest BCUT2D eigenvalue weighted by Crippen LogP contribution is 2.24. The molecule has 0 bridgehead atoms. The number of aromatic nitrogens is 1. The smallest absolute Gasteiger partial charge is 0.255 e. The predicted molar refractivity (Wildman–Crippen MR) is 99.3 cm³/mol. The van der Waals surface area contributed by atoms with Crippen molar-refractivity contribution in [2.24, 2.45) is 0 Å². The van der Waals surface area contributed by atoms with Gasteiger partial charge in [-0.2, -0.15) is 0 Å². The number of hydrogen-bond acceptors (Lipinski definition) is 4. The molecule has 1 unspecified atom stereocenters. The molecule has 5 nitrogen and oxygen atoms in total. The standard InChI is InChI=1S/C20H25N3O2/c1-22(2)19-11-8-16(14-21-19)20(24)23-12-4-5-17(23)13-15-6-9-18(25-3)10-7-15/h6-11,14,17H,4-5,12-13H2,1-3H3. The van der Waals surface area contributed by atoms with Crippen LogP contribution in [0.25, 0.3) is 0 Å². The predicted octanol–water partition coefficient (Wildman–Crippen LogP) is 3.00. The first kappa shape index (κ1) is 17.3. The van der Waals surface area contributed by atoms with Crippen molar-refractivity contribution in [1.29, 1.82) is 0 Å². The minimum atomic E-state index is 0.0776. The zero-order chi connectivity index (χ0) is 17.8. The number of nitrogens with zero attached hydrogens (tertiary/aromatic N) is 3. The number of likely N-dealkylation sites (tertiary alicyclic amines) is 1. The molecule has 3 rings (SSSR count). The summed E-state index contributed by atoms with van der Waals surface area (Å²) in [6, 6.07) is 12.1. The van der Waals surface area contributed by atoms with E-state index in [0.29, 0.717) is 5.56 Å².